The molecule has 0 saturated heterocycles. The highest BCUT2D eigenvalue weighted by molar-refractivity contribution is 7.92. The molecule has 1 heterocycles. The highest BCUT2D eigenvalue weighted by Gasteiger charge is 2.27. The van der Waals surface area contributed by atoms with Crippen molar-refractivity contribution >= 4 is 38.1 Å². The van der Waals surface area contributed by atoms with Gasteiger partial charge in [-0.05, 0) is 53.8 Å². The maximum Gasteiger partial charge on any atom is 0.256 e. The van der Waals surface area contributed by atoms with Crippen LogP contribution in [-0.2, 0) is 16.4 Å². The van der Waals surface area contributed by atoms with Crippen molar-refractivity contribution in [3.8, 4) is 0 Å². The average molecular weight is 409 g/mol. The van der Waals surface area contributed by atoms with E-state index in [1.165, 1.54) is 4.31 Å². The quantitative estimate of drug-likeness (QED) is 0.672. The lowest BCUT2D eigenvalue weighted by Gasteiger charge is -2.31. The van der Waals surface area contributed by atoms with Gasteiger partial charge in [-0.25, -0.2) is 8.42 Å². The van der Waals surface area contributed by atoms with E-state index >= 15 is 0 Å². The van der Waals surface area contributed by atoms with Crippen LogP contribution in [0.4, 0.5) is 11.4 Å². The van der Waals surface area contributed by atoms with Gasteiger partial charge in [0, 0.05) is 17.8 Å². The van der Waals surface area contributed by atoms with Crippen LogP contribution in [0.3, 0.4) is 0 Å². The molecule has 1 aliphatic rings. The van der Waals surface area contributed by atoms with Crippen LogP contribution in [0.5, 0.6) is 0 Å². The molecule has 0 fully saturated rings. The summed E-state index contributed by atoms with van der Waals surface area (Å²) in [5.41, 5.74) is 2.87. The zero-order valence-corrected chi connectivity index (χ0v) is 17.2. The van der Waals surface area contributed by atoms with Gasteiger partial charge in [-0.1, -0.05) is 49.4 Å². The van der Waals surface area contributed by atoms with Crippen molar-refractivity contribution in [2.75, 3.05) is 21.9 Å². The van der Waals surface area contributed by atoms with Crippen molar-refractivity contribution < 1.29 is 13.2 Å². The number of nitrogens with one attached hydrogen (secondary N) is 1. The van der Waals surface area contributed by atoms with Gasteiger partial charge in [0.05, 0.1) is 11.4 Å². The Morgan fingerprint density at radius 3 is 2.69 bits per heavy atom. The zero-order valence-electron chi connectivity index (χ0n) is 16.4. The molecule has 0 radical (unpaired) electrons. The molecule has 0 atom stereocenters. The summed E-state index contributed by atoms with van der Waals surface area (Å²) in [6, 6.07) is 18.9. The van der Waals surface area contributed by atoms with Crippen LogP contribution in [-0.4, -0.2) is 26.6 Å². The fraction of sp³-hybridized carbons (Fsp3) is 0.261. The van der Waals surface area contributed by atoms with Gasteiger partial charge in [0.25, 0.3) is 5.91 Å². The maximum absolute atomic E-state index is 12.9. The van der Waals surface area contributed by atoms with E-state index in [2.05, 4.69) is 5.32 Å². The maximum atomic E-state index is 12.9. The summed E-state index contributed by atoms with van der Waals surface area (Å²) in [4.78, 5) is 12.9. The molecule has 0 aromatic heterocycles. The van der Waals surface area contributed by atoms with Crippen LogP contribution in [0.1, 0.15) is 35.7 Å². The lowest BCUT2D eigenvalue weighted by atomic mass is 10.0. The molecule has 3 aromatic carbocycles. The van der Waals surface area contributed by atoms with Crippen LogP contribution < -0.4 is 9.62 Å². The number of rotatable bonds is 5. The number of fused-ring (bicyclic) bond motifs is 2. The number of aryl methyl sites for hydroxylation is 1. The van der Waals surface area contributed by atoms with Gasteiger partial charge in [0.2, 0.25) is 10.0 Å². The number of anilines is 2. The lowest BCUT2D eigenvalue weighted by Crippen LogP contribution is -2.37. The minimum absolute atomic E-state index is 0.124. The van der Waals surface area contributed by atoms with Crippen molar-refractivity contribution in [1.82, 2.24) is 0 Å². The number of carbonyl (C=O) groups excluding carboxylic acids is 1. The predicted octanol–water partition coefficient (Wildman–Crippen LogP) is 4.58. The SMILES string of the molecule is CCCS(=O)(=O)N1CCCc2ccc(NC(=O)c3cccc4ccccc34)cc21. The molecular formula is C23H24N2O3S. The Hall–Kier alpha value is -2.86. The van der Waals surface area contributed by atoms with E-state index in [0.717, 1.165) is 29.2 Å². The first-order chi connectivity index (χ1) is 14.0. The molecule has 5 nitrogen and oxygen atoms in total. The number of amides is 1. The molecular weight excluding hydrogens is 384 g/mol. The summed E-state index contributed by atoms with van der Waals surface area (Å²) in [6.07, 6.45) is 2.22. The van der Waals surface area contributed by atoms with Gasteiger partial charge in [-0.3, -0.25) is 9.10 Å². The molecule has 1 N–H and O–H groups in total. The van der Waals surface area contributed by atoms with E-state index in [1.807, 2.05) is 55.5 Å². The van der Waals surface area contributed by atoms with Crippen molar-refractivity contribution in [2.45, 2.75) is 26.2 Å². The number of hydrogen-bond donors (Lipinski definition) is 1. The number of nitrogens with zero attached hydrogens (tertiary/aromatic N) is 1. The van der Waals surface area contributed by atoms with E-state index in [-0.39, 0.29) is 11.7 Å². The van der Waals surface area contributed by atoms with Crippen LogP contribution >= 0.6 is 0 Å². The smallest absolute Gasteiger partial charge is 0.256 e. The first-order valence-corrected chi connectivity index (χ1v) is 11.5. The Morgan fingerprint density at radius 1 is 1.07 bits per heavy atom. The first-order valence-electron chi connectivity index (χ1n) is 9.92. The lowest BCUT2D eigenvalue weighted by molar-refractivity contribution is 0.102. The molecule has 6 heteroatoms. The highest BCUT2D eigenvalue weighted by atomic mass is 32.2. The summed E-state index contributed by atoms with van der Waals surface area (Å²) in [5.74, 6) is -0.0838. The molecule has 3 aromatic rings. The van der Waals surface area contributed by atoms with Crippen LogP contribution in [0.25, 0.3) is 10.8 Å². The molecule has 0 saturated carbocycles. The Bertz CT molecular complexity index is 1170. The van der Waals surface area contributed by atoms with Gasteiger partial charge in [0.1, 0.15) is 0 Å². The number of carbonyl (C=O) groups is 1. The van der Waals surface area contributed by atoms with Gasteiger partial charge >= 0.3 is 0 Å². The summed E-state index contributed by atoms with van der Waals surface area (Å²) < 4.78 is 26.9. The van der Waals surface area contributed by atoms with E-state index in [9.17, 15) is 13.2 Å². The molecule has 29 heavy (non-hydrogen) atoms. The largest absolute Gasteiger partial charge is 0.322 e. The molecule has 0 aliphatic carbocycles. The van der Waals surface area contributed by atoms with Crippen molar-refractivity contribution in [3.05, 3.63) is 71.8 Å². The third-order valence-electron chi connectivity index (χ3n) is 5.25. The minimum atomic E-state index is -3.35. The molecule has 1 aliphatic heterocycles. The van der Waals surface area contributed by atoms with E-state index < -0.39 is 10.0 Å². The minimum Gasteiger partial charge on any atom is -0.322 e. The Labute approximate surface area is 171 Å². The highest BCUT2D eigenvalue weighted by Crippen LogP contribution is 2.32. The molecule has 1 amide bonds. The van der Waals surface area contributed by atoms with E-state index in [1.54, 1.807) is 12.1 Å². The number of hydrogen-bond acceptors (Lipinski definition) is 3. The second-order valence-electron chi connectivity index (χ2n) is 7.32. The first kappa shape index (κ1) is 19.5. The van der Waals surface area contributed by atoms with Crippen molar-refractivity contribution in [1.29, 1.82) is 0 Å². The van der Waals surface area contributed by atoms with Crippen LogP contribution in [0.15, 0.2) is 60.7 Å². The molecule has 0 spiro atoms. The van der Waals surface area contributed by atoms with E-state index in [4.69, 9.17) is 0 Å². The molecule has 0 unspecified atom stereocenters. The Balaban J connectivity index is 1.66. The average Bonchev–Trinajstić information content (AvgIpc) is 2.72. The summed E-state index contributed by atoms with van der Waals surface area (Å²) >= 11 is 0. The van der Waals surface area contributed by atoms with Crippen molar-refractivity contribution in [3.63, 3.8) is 0 Å². The van der Waals surface area contributed by atoms with Crippen LogP contribution in [0.2, 0.25) is 0 Å². The number of sulfonamides is 1. The third-order valence-corrected chi connectivity index (χ3v) is 7.23. The predicted molar refractivity (Wildman–Crippen MR) is 118 cm³/mol. The normalized spacial score (nSPS) is 13.9. The molecule has 150 valence electrons. The fourth-order valence-corrected chi connectivity index (χ4v) is 5.51. The van der Waals surface area contributed by atoms with Crippen LogP contribution in [0, 0.1) is 0 Å². The topological polar surface area (TPSA) is 66.5 Å². The summed E-state index contributed by atoms with van der Waals surface area (Å²) in [7, 11) is -3.35. The molecule has 0 bridgehead atoms. The van der Waals surface area contributed by atoms with Gasteiger partial charge in [-0.15, -0.1) is 0 Å². The standard InChI is InChI=1S/C23H24N2O3S/c1-2-15-29(27,28)25-14-6-9-18-12-13-19(16-22(18)25)24-23(26)21-11-5-8-17-7-3-4-10-20(17)21/h3-5,7-8,10-13,16H,2,6,9,14-15H2,1H3,(H,24,26). The second-order valence-corrected chi connectivity index (χ2v) is 9.33. The van der Waals surface area contributed by atoms with E-state index in [0.29, 0.717) is 29.9 Å². The summed E-state index contributed by atoms with van der Waals surface area (Å²) in [5, 5.41) is 4.83. The van der Waals surface area contributed by atoms with Crippen molar-refractivity contribution in [2.24, 2.45) is 0 Å². The Kier molecular flexibility index (Phi) is 5.28. The third kappa shape index (κ3) is 3.85. The fourth-order valence-electron chi connectivity index (χ4n) is 3.90. The zero-order chi connectivity index (χ0) is 20.4. The van der Waals surface area contributed by atoms with Gasteiger partial charge in [0.15, 0.2) is 0 Å². The van der Waals surface area contributed by atoms with Gasteiger partial charge < -0.3 is 5.32 Å². The monoisotopic (exact) mass is 408 g/mol. The Morgan fingerprint density at radius 2 is 1.86 bits per heavy atom. The summed E-state index contributed by atoms with van der Waals surface area (Å²) in [6.45, 7) is 2.35. The second kappa shape index (κ2) is 7.87. The van der Waals surface area contributed by atoms with Gasteiger partial charge in [-0.2, -0.15) is 0 Å². The molecule has 4 rings (SSSR count). The number of benzene rings is 3.